The highest BCUT2D eigenvalue weighted by Crippen LogP contribution is 2.19. The standard InChI is InChI=1S/C17H14ClF3N2O2/c18-14-5-1-3-12(9-14)6-7-15(24)23-10-13-4-2-8-22-16(13)25-11-17(19,20)21/h1-9H,10-11H2,(H,23,24)/b7-6+. The topological polar surface area (TPSA) is 51.2 Å². The number of pyridine rings is 1. The van der Waals surface area contributed by atoms with E-state index in [0.29, 0.717) is 10.6 Å². The molecule has 0 fully saturated rings. The molecule has 25 heavy (non-hydrogen) atoms. The fraction of sp³-hybridized carbons (Fsp3) is 0.176. The second-order valence-electron chi connectivity index (χ2n) is 4.98. The van der Waals surface area contributed by atoms with Gasteiger partial charge in [0.2, 0.25) is 11.8 Å². The summed E-state index contributed by atoms with van der Waals surface area (Å²) in [6, 6.07) is 10.0. The van der Waals surface area contributed by atoms with Gasteiger partial charge in [0, 0.05) is 29.4 Å². The van der Waals surface area contributed by atoms with Crippen LogP contribution in [-0.4, -0.2) is 23.7 Å². The second-order valence-corrected chi connectivity index (χ2v) is 5.41. The molecule has 1 aromatic heterocycles. The number of carbonyl (C=O) groups excluding carboxylic acids is 1. The Morgan fingerprint density at radius 3 is 2.80 bits per heavy atom. The normalized spacial score (nSPS) is 11.5. The van der Waals surface area contributed by atoms with Crippen LogP contribution in [0.25, 0.3) is 6.08 Å². The van der Waals surface area contributed by atoms with Gasteiger partial charge in [-0.1, -0.05) is 29.8 Å². The van der Waals surface area contributed by atoms with Gasteiger partial charge in [-0.25, -0.2) is 4.98 Å². The first-order valence-electron chi connectivity index (χ1n) is 7.18. The van der Waals surface area contributed by atoms with Crippen LogP contribution in [0.4, 0.5) is 13.2 Å². The van der Waals surface area contributed by atoms with E-state index in [-0.39, 0.29) is 12.4 Å². The third-order valence-corrected chi connectivity index (χ3v) is 3.19. The van der Waals surface area contributed by atoms with Gasteiger partial charge in [0.25, 0.3) is 0 Å². The highest BCUT2D eigenvalue weighted by molar-refractivity contribution is 6.30. The Bertz CT molecular complexity index is 764. The molecule has 0 aliphatic carbocycles. The molecule has 0 radical (unpaired) electrons. The lowest BCUT2D eigenvalue weighted by Gasteiger charge is -2.12. The van der Waals surface area contributed by atoms with E-state index in [4.69, 9.17) is 11.6 Å². The molecule has 0 spiro atoms. The van der Waals surface area contributed by atoms with Crippen molar-refractivity contribution in [3.05, 3.63) is 64.8 Å². The molecule has 0 bridgehead atoms. The monoisotopic (exact) mass is 370 g/mol. The van der Waals surface area contributed by atoms with E-state index < -0.39 is 18.7 Å². The average Bonchev–Trinajstić information content (AvgIpc) is 2.56. The van der Waals surface area contributed by atoms with Gasteiger partial charge in [0.05, 0.1) is 0 Å². The summed E-state index contributed by atoms with van der Waals surface area (Å²) in [6.45, 7) is -1.46. The number of hydrogen-bond donors (Lipinski definition) is 1. The fourth-order valence-electron chi connectivity index (χ4n) is 1.86. The number of aromatic nitrogens is 1. The minimum atomic E-state index is -4.46. The molecule has 0 saturated heterocycles. The minimum Gasteiger partial charge on any atom is -0.468 e. The first kappa shape index (κ1) is 18.8. The fourth-order valence-corrected chi connectivity index (χ4v) is 2.06. The van der Waals surface area contributed by atoms with Crippen LogP contribution >= 0.6 is 11.6 Å². The summed E-state index contributed by atoms with van der Waals surface area (Å²) in [4.78, 5) is 15.6. The first-order valence-corrected chi connectivity index (χ1v) is 7.56. The maximum absolute atomic E-state index is 12.2. The molecule has 0 aliphatic rings. The van der Waals surface area contributed by atoms with Crippen LogP contribution in [0.2, 0.25) is 5.02 Å². The summed E-state index contributed by atoms with van der Waals surface area (Å²) >= 11 is 5.85. The number of carbonyl (C=O) groups is 1. The summed E-state index contributed by atoms with van der Waals surface area (Å²) < 4.78 is 41.4. The molecule has 0 unspecified atom stereocenters. The second kappa shape index (κ2) is 8.53. The molecule has 0 aliphatic heterocycles. The number of nitrogens with zero attached hydrogens (tertiary/aromatic N) is 1. The van der Waals surface area contributed by atoms with Gasteiger partial charge in [-0.15, -0.1) is 0 Å². The van der Waals surface area contributed by atoms with E-state index in [1.165, 1.54) is 18.3 Å². The van der Waals surface area contributed by atoms with Crippen LogP contribution in [0, 0.1) is 0 Å². The average molecular weight is 371 g/mol. The van der Waals surface area contributed by atoms with Gasteiger partial charge in [-0.05, 0) is 29.8 Å². The highest BCUT2D eigenvalue weighted by Gasteiger charge is 2.29. The molecule has 1 amide bonds. The Morgan fingerprint density at radius 2 is 2.08 bits per heavy atom. The molecule has 132 valence electrons. The van der Waals surface area contributed by atoms with Crippen molar-refractivity contribution in [1.29, 1.82) is 0 Å². The van der Waals surface area contributed by atoms with E-state index >= 15 is 0 Å². The van der Waals surface area contributed by atoms with Crippen LogP contribution in [0.3, 0.4) is 0 Å². The molecular formula is C17H14ClF3N2O2. The van der Waals surface area contributed by atoms with E-state index in [1.54, 1.807) is 36.4 Å². The molecule has 0 saturated carbocycles. The number of halogens is 4. The lowest BCUT2D eigenvalue weighted by atomic mass is 10.2. The van der Waals surface area contributed by atoms with Crippen LogP contribution in [-0.2, 0) is 11.3 Å². The van der Waals surface area contributed by atoms with E-state index in [0.717, 1.165) is 5.56 Å². The van der Waals surface area contributed by atoms with Gasteiger partial charge in [0.15, 0.2) is 6.61 Å². The van der Waals surface area contributed by atoms with Gasteiger partial charge >= 0.3 is 6.18 Å². The maximum Gasteiger partial charge on any atom is 0.422 e. The summed E-state index contributed by atoms with van der Waals surface area (Å²) in [7, 11) is 0. The quantitative estimate of drug-likeness (QED) is 0.782. The van der Waals surface area contributed by atoms with Crippen molar-refractivity contribution in [2.24, 2.45) is 0 Å². The first-order chi connectivity index (χ1) is 11.8. The molecule has 1 heterocycles. The number of ether oxygens (including phenoxy) is 1. The van der Waals surface area contributed by atoms with Crippen molar-refractivity contribution < 1.29 is 22.7 Å². The Labute approximate surface area is 147 Å². The van der Waals surface area contributed by atoms with Gasteiger partial charge in [0.1, 0.15) is 0 Å². The number of nitrogens with one attached hydrogen (secondary N) is 1. The number of amides is 1. The molecule has 1 N–H and O–H groups in total. The predicted octanol–water partition coefficient (Wildman–Crippen LogP) is 4.01. The van der Waals surface area contributed by atoms with Crippen LogP contribution in [0.5, 0.6) is 5.88 Å². The van der Waals surface area contributed by atoms with Crippen molar-refractivity contribution in [3.8, 4) is 5.88 Å². The Hall–Kier alpha value is -2.54. The Morgan fingerprint density at radius 1 is 1.28 bits per heavy atom. The summed E-state index contributed by atoms with van der Waals surface area (Å²) in [5.41, 5.74) is 1.09. The molecular weight excluding hydrogens is 357 g/mol. The molecule has 1 aromatic carbocycles. The number of rotatable bonds is 6. The molecule has 0 atom stereocenters. The van der Waals surface area contributed by atoms with E-state index in [2.05, 4.69) is 15.0 Å². The van der Waals surface area contributed by atoms with Crippen molar-refractivity contribution >= 4 is 23.6 Å². The van der Waals surface area contributed by atoms with Crippen LogP contribution < -0.4 is 10.1 Å². The summed E-state index contributed by atoms with van der Waals surface area (Å²) in [5.74, 6) is -0.579. The number of benzene rings is 1. The highest BCUT2D eigenvalue weighted by atomic mass is 35.5. The molecule has 4 nitrogen and oxygen atoms in total. The van der Waals surface area contributed by atoms with Gasteiger partial charge < -0.3 is 10.1 Å². The zero-order valence-corrected chi connectivity index (χ0v) is 13.6. The molecule has 8 heteroatoms. The van der Waals surface area contributed by atoms with Crippen molar-refractivity contribution in [2.45, 2.75) is 12.7 Å². The van der Waals surface area contributed by atoms with E-state index in [9.17, 15) is 18.0 Å². The third kappa shape index (κ3) is 6.84. The Balaban J connectivity index is 1.93. The van der Waals surface area contributed by atoms with Crippen molar-refractivity contribution in [2.75, 3.05) is 6.61 Å². The SMILES string of the molecule is O=C(/C=C/c1cccc(Cl)c1)NCc1cccnc1OCC(F)(F)F. The molecule has 2 rings (SSSR count). The Kier molecular flexibility index (Phi) is 6.41. The van der Waals surface area contributed by atoms with E-state index in [1.807, 2.05) is 0 Å². The predicted molar refractivity (Wildman–Crippen MR) is 88.1 cm³/mol. The van der Waals surface area contributed by atoms with Gasteiger partial charge in [-0.2, -0.15) is 13.2 Å². The minimum absolute atomic E-state index is 0.0141. The summed E-state index contributed by atoms with van der Waals surface area (Å²) in [6.07, 6.45) is -0.266. The lowest BCUT2D eigenvalue weighted by molar-refractivity contribution is -0.154. The summed E-state index contributed by atoms with van der Waals surface area (Å²) in [5, 5.41) is 3.11. The largest absolute Gasteiger partial charge is 0.468 e. The van der Waals surface area contributed by atoms with Gasteiger partial charge in [-0.3, -0.25) is 4.79 Å². The lowest BCUT2D eigenvalue weighted by Crippen LogP contribution is -2.23. The van der Waals surface area contributed by atoms with Crippen LogP contribution in [0.15, 0.2) is 48.7 Å². The number of hydrogen-bond acceptors (Lipinski definition) is 3. The zero-order valence-electron chi connectivity index (χ0n) is 12.9. The zero-order chi connectivity index (χ0) is 18.3. The molecule has 2 aromatic rings. The van der Waals surface area contributed by atoms with Crippen LogP contribution in [0.1, 0.15) is 11.1 Å². The smallest absolute Gasteiger partial charge is 0.422 e. The maximum atomic E-state index is 12.2. The van der Waals surface area contributed by atoms with Crippen molar-refractivity contribution in [3.63, 3.8) is 0 Å². The number of alkyl halides is 3. The van der Waals surface area contributed by atoms with Crippen molar-refractivity contribution in [1.82, 2.24) is 10.3 Å². The third-order valence-electron chi connectivity index (χ3n) is 2.95.